The lowest BCUT2D eigenvalue weighted by Crippen LogP contribution is -2.36. The van der Waals surface area contributed by atoms with Gasteiger partial charge in [-0.2, -0.15) is 0 Å². The van der Waals surface area contributed by atoms with Crippen molar-refractivity contribution in [3.63, 3.8) is 0 Å². The Hall–Kier alpha value is -2.30. The SMILES string of the molecule is O=C1CC(NC(=O)c2cc3ccccc3[nH]2)CN1. The molecule has 3 rings (SSSR count). The van der Waals surface area contributed by atoms with Crippen LogP contribution < -0.4 is 10.6 Å². The van der Waals surface area contributed by atoms with Crippen LogP contribution in [0.4, 0.5) is 0 Å². The van der Waals surface area contributed by atoms with Crippen LogP contribution in [0.15, 0.2) is 30.3 Å². The maximum atomic E-state index is 12.0. The summed E-state index contributed by atoms with van der Waals surface area (Å²) in [5.74, 6) is -0.190. The fourth-order valence-electron chi connectivity index (χ4n) is 2.17. The second-order valence-electron chi connectivity index (χ2n) is 4.45. The van der Waals surface area contributed by atoms with Crippen LogP contribution in [-0.4, -0.2) is 29.4 Å². The minimum atomic E-state index is -0.173. The molecule has 2 amide bonds. The average molecular weight is 243 g/mol. The van der Waals surface area contributed by atoms with Gasteiger partial charge in [0.25, 0.3) is 5.91 Å². The van der Waals surface area contributed by atoms with Crippen molar-refractivity contribution in [2.45, 2.75) is 12.5 Å². The number of rotatable bonds is 2. The van der Waals surface area contributed by atoms with Crippen molar-refractivity contribution in [3.8, 4) is 0 Å². The zero-order valence-electron chi connectivity index (χ0n) is 9.69. The summed E-state index contributed by atoms with van der Waals surface area (Å²) in [5, 5.41) is 6.53. The maximum Gasteiger partial charge on any atom is 0.268 e. The number of para-hydroxylation sites is 1. The molecule has 0 saturated carbocycles. The molecule has 2 heterocycles. The van der Waals surface area contributed by atoms with Crippen LogP contribution >= 0.6 is 0 Å². The number of nitrogens with one attached hydrogen (secondary N) is 3. The molecule has 92 valence electrons. The van der Waals surface area contributed by atoms with Gasteiger partial charge in [0.1, 0.15) is 5.69 Å². The van der Waals surface area contributed by atoms with Crippen LogP contribution in [0.3, 0.4) is 0 Å². The Morgan fingerprint density at radius 3 is 2.89 bits per heavy atom. The molecule has 0 radical (unpaired) electrons. The van der Waals surface area contributed by atoms with Crippen molar-refractivity contribution in [2.75, 3.05) is 6.54 Å². The number of carbonyl (C=O) groups is 2. The highest BCUT2D eigenvalue weighted by atomic mass is 16.2. The van der Waals surface area contributed by atoms with Crippen LogP contribution in [0.1, 0.15) is 16.9 Å². The molecule has 1 atom stereocenters. The van der Waals surface area contributed by atoms with Crippen LogP contribution in [0.5, 0.6) is 0 Å². The molecule has 5 heteroatoms. The number of fused-ring (bicyclic) bond motifs is 1. The van der Waals surface area contributed by atoms with Gasteiger partial charge in [0, 0.05) is 23.9 Å². The van der Waals surface area contributed by atoms with E-state index < -0.39 is 0 Å². The third kappa shape index (κ3) is 1.95. The van der Waals surface area contributed by atoms with E-state index in [9.17, 15) is 9.59 Å². The Kier molecular flexibility index (Phi) is 2.51. The lowest BCUT2D eigenvalue weighted by atomic mass is 10.2. The fourth-order valence-corrected chi connectivity index (χ4v) is 2.17. The van der Waals surface area contributed by atoms with E-state index in [0.717, 1.165) is 10.9 Å². The molecular weight excluding hydrogens is 230 g/mol. The van der Waals surface area contributed by atoms with Gasteiger partial charge in [-0.25, -0.2) is 0 Å². The van der Waals surface area contributed by atoms with Gasteiger partial charge in [-0.15, -0.1) is 0 Å². The molecule has 2 aromatic rings. The van der Waals surface area contributed by atoms with E-state index in [0.29, 0.717) is 18.7 Å². The number of H-pyrrole nitrogens is 1. The summed E-state index contributed by atoms with van der Waals surface area (Å²) in [6.45, 7) is 0.505. The maximum absolute atomic E-state index is 12.0. The molecule has 0 spiro atoms. The topological polar surface area (TPSA) is 74.0 Å². The predicted molar refractivity (Wildman–Crippen MR) is 67.2 cm³/mol. The highest BCUT2D eigenvalue weighted by molar-refractivity contribution is 5.98. The van der Waals surface area contributed by atoms with Crippen molar-refractivity contribution in [1.82, 2.24) is 15.6 Å². The fraction of sp³-hybridized carbons (Fsp3) is 0.231. The molecule has 1 aliphatic rings. The van der Waals surface area contributed by atoms with Gasteiger partial charge in [0.05, 0.1) is 6.04 Å². The lowest BCUT2D eigenvalue weighted by Gasteiger charge is -2.08. The first-order valence-corrected chi connectivity index (χ1v) is 5.88. The van der Waals surface area contributed by atoms with Crippen molar-refractivity contribution in [3.05, 3.63) is 36.0 Å². The summed E-state index contributed by atoms with van der Waals surface area (Å²) in [7, 11) is 0. The highest BCUT2D eigenvalue weighted by Gasteiger charge is 2.23. The number of benzene rings is 1. The molecule has 1 aromatic heterocycles. The van der Waals surface area contributed by atoms with Crippen LogP contribution in [0.25, 0.3) is 10.9 Å². The second kappa shape index (κ2) is 4.18. The first-order valence-electron chi connectivity index (χ1n) is 5.88. The minimum absolute atomic E-state index is 0.0167. The zero-order valence-corrected chi connectivity index (χ0v) is 9.69. The summed E-state index contributed by atoms with van der Waals surface area (Å²) < 4.78 is 0. The molecular formula is C13H13N3O2. The van der Waals surface area contributed by atoms with E-state index >= 15 is 0 Å². The number of hydrogen-bond acceptors (Lipinski definition) is 2. The summed E-state index contributed by atoms with van der Waals surface area (Å²) in [6, 6.07) is 9.42. The Morgan fingerprint density at radius 2 is 2.17 bits per heavy atom. The smallest absolute Gasteiger partial charge is 0.268 e. The minimum Gasteiger partial charge on any atom is -0.354 e. The van der Waals surface area contributed by atoms with Gasteiger partial charge in [-0.05, 0) is 12.1 Å². The molecule has 1 saturated heterocycles. The van der Waals surface area contributed by atoms with Gasteiger partial charge in [-0.3, -0.25) is 9.59 Å². The molecule has 18 heavy (non-hydrogen) atoms. The largest absolute Gasteiger partial charge is 0.354 e. The Labute approximate surface area is 104 Å². The molecule has 0 bridgehead atoms. The Bertz CT molecular complexity index is 584. The second-order valence-corrected chi connectivity index (χ2v) is 4.45. The number of aromatic amines is 1. The average Bonchev–Trinajstić information content (AvgIpc) is 2.95. The highest BCUT2D eigenvalue weighted by Crippen LogP contribution is 2.14. The van der Waals surface area contributed by atoms with E-state index in [2.05, 4.69) is 15.6 Å². The summed E-state index contributed by atoms with van der Waals surface area (Å²) in [4.78, 5) is 26.1. The first kappa shape index (κ1) is 10.8. The first-order chi connectivity index (χ1) is 8.72. The summed E-state index contributed by atoms with van der Waals surface area (Å²) in [5.41, 5.74) is 1.46. The molecule has 3 N–H and O–H groups in total. The normalized spacial score (nSPS) is 18.9. The van der Waals surface area contributed by atoms with E-state index in [-0.39, 0.29) is 17.9 Å². The molecule has 1 aliphatic heterocycles. The van der Waals surface area contributed by atoms with Crippen molar-refractivity contribution < 1.29 is 9.59 Å². The van der Waals surface area contributed by atoms with Crippen LogP contribution in [0, 0.1) is 0 Å². The third-order valence-electron chi connectivity index (χ3n) is 3.09. The number of aromatic nitrogens is 1. The van der Waals surface area contributed by atoms with Crippen molar-refractivity contribution >= 4 is 22.7 Å². The molecule has 1 aromatic carbocycles. The van der Waals surface area contributed by atoms with Gasteiger partial charge >= 0.3 is 0 Å². The van der Waals surface area contributed by atoms with Crippen LogP contribution in [0.2, 0.25) is 0 Å². The molecule has 1 fully saturated rings. The lowest BCUT2D eigenvalue weighted by molar-refractivity contribution is -0.119. The predicted octanol–water partition coefficient (Wildman–Crippen LogP) is 0.786. The zero-order chi connectivity index (χ0) is 12.5. The van der Waals surface area contributed by atoms with Gasteiger partial charge < -0.3 is 15.6 Å². The monoisotopic (exact) mass is 243 g/mol. The summed E-state index contributed by atoms with van der Waals surface area (Å²) in [6.07, 6.45) is 0.353. The Balaban J connectivity index is 1.77. The molecule has 5 nitrogen and oxygen atoms in total. The number of hydrogen-bond donors (Lipinski definition) is 3. The number of carbonyl (C=O) groups excluding carboxylic acids is 2. The van der Waals surface area contributed by atoms with E-state index in [4.69, 9.17) is 0 Å². The van der Waals surface area contributed by atoms with E-state index in [1.54, 1.807) is 0 Å². The van der Waals surface area contributed by atoms with Crippen molar-refractivity contribution in [2.24, 2.45) is 0 Å². The Morgan fingerprint density at radius 1 is 1.33 bits per heavy atom. The van der Waals surface area contributed by atoms with Crippen LogP contribution in [-0.2, 0) is 4.79 Å². The third-order valence-corrected chi connectivity index (χ3v) is 3.09. The van der Waals surface area contributed by atoms with Gasteiger partial charge in [-0.1, -0.05) is 18.2 Å². The number of amides is 2. The summed E-state index contributed by atoms with van der Waals surface area (Å²) >= 11 is 0. The molecule has 1 unspecified atom stereocenters. The quantitative estimate of drug-likeness (QED) is 0.729. The van der Waals surface area contributed by atoms with Gasteiger partial charge in [0.15, 0.2) is 0 Å². The van der Waals surface area contributed by atoms with E-state index in [1.807, 2.05) is 30.3 Å². The molecule has 0 aliphatic carbocycles. The van der Waals surface area contributed by atoms with Gasteiger partial charge in [0.2, 0.25) is 5.91 Å². The van der Waals surface area contributed by atoms with E-state index in [1.165, 1.54) is 0 Å². The van der Waals surface area contributed by atoms with Crippen molar-refractivity contribution in [1.29, 1.82) is 0 Å². The standard InChI is InChI=1S/C13H13N3O2/c17-12-6-9(7-14-12)15-13(18)11-5-8-3-1-2-4-10(8)16-11/h1-5,9,16H,6-7H2,(H,14,17)(H,15,18).